The molecule has 6 N–H and O–H groups in total. The molecule has 2 atom stereocenters. The fourth-order valence-electron chi connectivity index (χ4n) is 4.93. The highest BCUT2D eigenvalue weighted by molar-refractivity contribution is 8.76. The number of hydroxylamine groups is 1. The third kappa shape index (κ3) is 12.6. The number of hydrogen-bond donors (Lipinski definition) is 5. The molecule has 0 heterocycles. The summed E-state index contributed by atoms with van der Waals surface area (Å²) in [5.74, 6) is -0.717. The molecule has 3 rings (SSSR count). The summed E-state index contributed by atoms with van der Waals surface area (Å²) in [6.07, 6.45) is -0.470. The van der Waals surface area contributed by atoms with Crippen LogP contribution in [0, 0.1) is 0 Å². The summed E-state index contributed by atoms with van der Waals surface area (Å²) in [6.45, 7) is 7.00. The van der Waals surface area contributed by atoms with E-state index < -0.39 is 54.2 Å². The van der Waals surface area contributed by atoms with Gasteiger partial charge >= 0.3 is 12.2 Å². The van der Waals surface area contributed by atoms with Crippen LogP contribution in [0.2, 0.25) is 0 Å². The van der Waals surface area contributed by atoms with Crippen LogP contribution in [-0.2, 0) is 28.7 Å². The Labute approximate surface area is 288 Å². The lowest BCUT2D eigenvalue weighted by Crippen LogP contribution is -2.54. The van der Waals surface area contributed by atoms with E-state index in [0.717, 1.165) is 28.0 Å². The quantitative estimate of drug-likeness (QED) is 0.0863. The third-order valence-electron chi connectivity index (χ3n) is 7.05. The number of rotatable bonds is 18. The standard InChI is InChI=1S/C33H45N5O8S2/c1-5-47-48-20-27(29(34)40)36-30(41)26(37-31(42)46-33(2,3)4)16-10-11-17-35-28(39)19-45-38-32(43)44-18-25-23-14-8-6-12-21(23)22-13-7-9-15-24(22)25/h6-9,12-15,25-27H,5,10-11,16-20H2,1-4H3,(H2,34,40)(H,35,39)(H,36,41)(H,37,42)(H,38,43)/t26-,27-/m0/s1. The zero-order chi connectivity index (χ0) is 35.1. The first kappa shape index (κ1) is 38.5. The van der Waals surface area contributed by atoms with Gasteiger partial charge in [-0.05, 0) is 62.3 Å². The van der Waals surface area contributed by atoms with Gasteiger partial charge < -0.3 is 31.2 Å². The molecule has 1 aliphatic rings. The Balaban J connectivity index is 1.38. The Kier molecular flexibility index (Phi) is 15.4. The predicted octanol–water partition coefficient (Wildman–Crippen LogP) is 4.01. The molecular weight excluding hydrogens is 659 g/mol. The molecule has 2 aromatic rings. The summed E-state index contributed by atoms with van der Waals surface area (Å²) in [7, 11) is 2.95. The van der Waals surface area contributed by atoms with Crippen molar-refractivity contribution in [2.45, 2.75) is 70.6 Å². The van der Waals surface area contributed by atoms with Crippen molar-refractivity contribution in [1.29, 1.82) is 0 Å². The van der Waals surface area contributed by atoms with Gasteiger partial charge in [0.1, 0.15) is 24.3 Å². The zero-order valence-electron chi connectivity index (χ0n) is 27.7. The van der Waals surface area contributed by atoms with Crippen molar-refractivity contribution in [3.63, 3.8) is 0 Å². The molecule has 48 heavy (non-hydrogen) atoms. The molecule has 0 fully saturated rings. The Morgan fingerprint density at radius 3 is 2.12 bits per heavy atom. The van der Waals surface area contributed by atoms with Gasteiger partial charge in [0.05, 0.1) is 0 Å². The molecule has 0 spiro atoms. The van der Waals surface area contributed by atoms with Crippen LogP contribution in [-0.4, -0.2) is 78.9 Å². The number of carbonyl (C=O) groups is 5. The first-order chi connectivity index (χ1) is 22.9. The van der Waals surface area contributed by atoms with E-state index >= 15 is 0 Å². The average molecular weight is 704 g/mol. The minimum Gasteiger partial charge on any atom is -0.447 e. The van der Waals surface area contributed by atoms with Gasteiger partial charge in [0, 0.05) is 24.0 Å². The van der Waals surface area contributed by atoms with Crippen molar-refractivity contribution >= 4 is 51.5 Å². The molecule has 0 saturated heterocycles. The monoisotopic (exact) mass is 703 g/mol. The molecule has 0 aliphatic heterocycles. The predicted molar refractivity (Wildman–Crippen MR) is 186 cm³/mol. The van der Waals surface area contributed by atoms with Gasteiger partial charge in [0.25, 0.3) is 0 Å². The van der Waals surface area contributed by atoms with E-state index in [-0.39, 0.29) is 31.2 Å². The molecule has 0 bridgehead atoms. The SMILES string of the molecule is CCSSC[C@H](NC(=O)[C@H](CCCCNC(=O)CONC(=O)OCC1c2ccccc2-c2ccccc21)NC(=O)OC(C)(C)C)C(N)=O. The van der Waals surface area contributed by atoms with Gasteiger partial charge in [0.2, 0.25) is 17.7 Å². The van der Waals surface area contributed by atoms with Crippen molar-refractivity contribution in [2.75, 3.05) is 31.3 Å². The Hall–Kier alpha value is -3.95. The summed E-state index contributed by atoms with van der Waals surface area (Å²) in [5.41, 5.74) is 11.2. The lowest BCUT2D eigenvalue weighted by Gasteiger charge is -2.24. The molecular formula is C33H45N5O8S2. The van der Waals surface area contributed by atoms with Gasteiger partial charge in [0.15, 0.2) is 6.61 Å². The van der Waals surface area contributed by atoms with Crippen LogP contribution in [0.25, 0.3) is 11.1 Å². The molecule has 1 aliphatic carbocycles. The number of nitrogens with two attached hydrogens (primary N) is 1. The van der Waals surface area contributed by atoms with Crippen molar-refractivity contribution in [2.24, 2.45) is 5.73 Å². The number of nitrogens with one attached hydrogen (secondary N) is 4. The second-order valence-electron chi connectivity index (χ2n) is 11.9. The third-order valence-corrected chi connectivity index (χ3v) is 9.53. The van der Waals surface area contributed by atoms with Crippen molar-refractivity contribution in [3.8, 4) is 11.1 Å². The zero-order valence-corrected chi connectivity index (χ0v) is 29.3. The molecule has 13 nitrogen and oxygen atoms in total. The number of unbranched alkanes of at least 4 members (excludes halogenated alkanes) is 1. The summed E-state index contributed by atoms with van der Waals surface area (Å²) in [4.78, 5) is 66.9. The van der Waals surface area contributed by atoms with Crippen molar-refractivity contribution < 1.29 is 38.3 Å². The number of amides is 5. The van der Waals surface area contributed by atoms with Gasteiger partial charge in [-0.3, -0.25) is 19.2 Å². The van der Waals surface area contributed by atoms with Crippen molar-refractivity contribution in [3.05, 3.63) is 59.7 Å². The molecule has 0 aromatic heterocycles. The summed E-state index contributed by atoms with van der Waals surface area (Å²) in [5, 5.41) is 7.85. The smallest absolute Gasteiger partial charge is 0.431 e. The highest BCUT2D eigenvalue weighted by Crippen LogP contribution is 2.44. The van der Waals surface area contributed by atoms with Gasteiger partial charge in [-0.25, -0.2) is 9.59 Å². The lowest BCUT2D eigenvalue weighted by atomic mass is 9.98. The number of primary amides is 1. The fourth-order valence-corrected chi connectivity index (χ4v) is 6.77. The summed E-state index contributed by atoms with van der Waals surface area (Å²) < 4.78 is 10.7. The van der Waals surface area contributed by atoms with Crippen LogP contribution in [0.4, 0.5) is 9.59 Å². The molecule has 0 radical (unpaired) electrons. The largest absolute Gasteiger partial charge is 0.447 e. The second kappa shape index (κ2) is 19.1. The summed E-state index contributed by atoms with van der Waals surface area (Å²) >= 11 is 0. The highest BCUT2D eigenvalue weighted by atomic mass is 33.1. The van der Waals surface area contributed by atoms with E-state index in [4.69, 9.17) is 20.0 Å². The van der Waals surface area contributed by atoms with E-state index in [2.05, 4.69) is 21.4 Å². The Morgan fingerprint density at radius 1 is 0.875 bits per heavy atom. The molecule has 15 heteroatoms. The van der Waals surface area contributed by atoms with Gasteiger partial charge in [-0.15, -0.1) is 0 Å². The normalized spacial score (nSPS) is 13.3. The molecule has 5 amide bonds. The van der Waals surface area contributed by atoms with Crippen LogP contribution in [0.15, 0.2) is 48.5 Å². The first-order valence-corrected chi connectivity index (χ1v) is 18.2. The minimum absolute atomic E-state index is 0.107. The molecule has 262 valence electrons. The lowest BCUT2D eigenvalue weighted by molar-refractivity contribution is -0.128. The number of alkyl carbamates (subject to hydrolysis) is 1. The maximum absolute atomic E-state index is 13.0. The van der Waals surface area contributed by atoms with E-state index in [1.54, 1.807) is 20.8 Å². The average Bonchev–Trinajstić information content (AvgIpc) is 3.35. The van der Waals surface area contributed by atoms with Crippen LogP contribution in [0.5, 0.6) is 0 Å². The highest BCUT2D eigenvalue weighted by Gasteiger charge is 2.30. The number of hydrogen-bond acceptors (Lipinski definition) is 10. The van der Waals surface area contributed by atoms with Crippen LogP contribution < -0.4 is 27.2 Å². The summed E-state index contributed by atoms with van der Waals surface area (Å²) in [6, 6.07) is 14.1. The second-order valence-corrected chi connectivity index (χ2v) is 14.7. The van der Waals surface area contributed by atoms with Gasteiger partial charge in [-0.2, -0.15) is 5.48 Å². The van der Waals surface area contributed by atoms with Crippen molar-refractivity contribution in [1.82, 2.24) is 21.4 Å². The number of fused-ring (bicyclic) bond motifs is 3. The molecule has 0 saturated carbocycles. The minimum atomic E-state index is -0.994. The number of carbonyl (C=O) groups excluding carboxylic acids is 5. The number of ether oxygens (including phenoxy) is 2. The maximum Gasteiger partial charge on any atom is 0.431 e. The number of benzene rings is 2. The van der Waals surface area contributed by atoms with Crippen LogP contribution in [0.1, 0.15) is 64.0 Å². The molecule has 0 unspecified atom stereocenters. The topological polar surface area (TPSA) is 187 Å². The first-order valence-electron chi connectivity index (χ1n) is 15.7. The Bertz CT molecular complexity index is 1370. The van der Waals surface area contributed by atoms with E-state index in [1.165, 1.54) is 21.6 Å². The fraction of sp³-hybridized carbons (Fsp3) is 0.485. The van der Waals surface area contributed by atoms with E-state index in [9.17, 15) is 24.0 Å². The van der Waals surface area contributed by atoms with Gasteiger partial charge in [-0.1, -0.05) is 77.0 Å². The molecule has 2 aromatic carbocycles. The van der Waals surface area contributed by atoms with E-state index in [0.29, 0.717) is 12.8 Å². The van der Waals surface area contributed by atoms with E-state index in [1.807, 2.05) is 55.5 Å². The Morgan fingerprint density at radius 2 is 1.52 bits per heavy atom. The van der Waals surface area contributed by atoms with Crippen LogP contribution >= 0.6 is 21.6 Å². The maximum atomic E-state index is 13.0. The van der Waals surface area contributed by atoms with Crippen LogP contribution in [0.3, 0.4) is 0 Å².